The summed E-state index contributed by atoms with van der Waals surface area (Å²) < 4.78 is 19.6. The van der Waals surface area contributed by atoms with Gasteiger partial charge in [0.05, 0.1) is 39.6 Å². The lowest BCUT2D eigenvalue weighted by molar-refractivity contribution is -0.160. The number of unbranched alkanes of at least 4 members (excludes halogenated alkanes) is 8. The molecule has 0 spiro atoms. The Kier molecular flexibility index (Phi) is 25.0. The number of carbonyl (C=O) groups excluding carboxylic acids is 7. The van der Waals surface area contributed by atoms with E-state index in [1.54, 1.807) is 20.8 Å². The Bertz CT molecular complexity index is 1050. The molecule has 0 saturated heterocycles. The molecular weight excluding hydrogens is 656 g/mol. The molecule has 0 bridgehead atoms. The van der Waals surface area contributed by atoms with Crippen molar-refractivity contribution < 1.29 is 52.5 Å². The lowest BCUT2D eigenvalue weighted by Crippen LogP contribution is -2.42. The molecule has 14 heteroatoms. The van der Waals surface area contributed by atoms with Gasteiger partial charge in [-0.3, -0.25) is 28.8 Å². The van der Waals surface area contributed by atoms with Gasteiger partial charge in [-0.2, -0.15) is 11.8 Å². The molecule has 0 aromatic heterocycles. The number of rotatable bonds is 27. The predicted octanol–water partition coefficient (Wildman–Crippen LogP) is 4.46. The van der Waals surface area contributed by atoms with Crippen molar-refractivity contribution in [3.05, 3.63) is 0 Å². The van der Waals surface area contributed by atoms with Crippen LogP contribution in [0.1, 0.15) is 118 Å². The summed E-state index contributed by atoms with van der Waals surface area (Å²) in [5, 5.41) is 5.13. The van der Waals surface area contributed by atoms with Crippen LogP contribution in [0.25, 0.3) is 0 Å². The van der Waals surface area contributed by atoms with Crippen LogP contribution in [0.15, 0.2) is 0 Å². The van der Waals surface area contributed by atoms with Gasteiger partial charge in [-0.25, -0.2) is 4.79 Å². The van der Waals surface area contributed by atoms with Crippen molar-refractivity contribution in [3.63, 3.8) is 0 Å². The largest absolute Gasteiger partial charge is 0.469 e. The number of ether oxygens (including phenoxy) is 4. The van der Waals surface area contributed by atoms with E-state index in [9.17, 15) is 33.6 Å². The maximum atomic E-state index is 13.1. The van der Waals surface area contributed by atoms with E-state index in [0.29, 0.717) is 6.42 Å². The van der Waals surface area contributed by atoms with Crippen molar-refractivity contribution in [2.45, 2.75) is 129 Å². The van der Waals surface area contributed by atoms with Crippen LogP contribution in [-0.2, 0) is 52.5 Å². The van der Waals surface area contributed by atoms with E-state index < -0.39 is 59.8 Å². The van der Waals surface area contributed by atoms with Gasteiger partial charge < -0.3 is 29.6 Å². The minimum Gasteiger partial charge on any atom is -0.469 e. The number of esters is 4. The Balaban J connectivity index is 5.20. The van der Waals surface area contributed by atoms with Crippen molar-refractivity contribution in [1.29, 1.82) is 0 Å². The third-order valence-electron chi connectivity index (χ3n) is 7.53. The zero-order chi connectivity index (χ0) is 37.2. The van der Waals surface area contributed by atoms with Gasteiger partial charge in [-0.05, 0) is 33.6 Å². The molecule has 0 heterocycles. The number of carbonyl (C=O) groups is 7. The molecular formula is C35H60N2O11S. The third kappa shape index (κ3) is 23.8. The molecule has 0 aliphatic heterocycles. The molecule has 0 aromatic carbocycles. The fourth-order valence-corrected chi connectivity index (χ4v) is 6.08. The van der Waals surface area contributed by atoms with Crippen molar-refractivity contribution in [2.75, 3.05) is 39.4 Å². The van der Waals surface area contributed by atoms with Crippen molar-refractivity contribution >= 4 is 53.2 Å². The molecule has 0 unspecified atom stereocenters. The normalized spacial score (nSPS) is 13.0. The Morgan fingerprint density at radius 2 is 1.24 bits per heavy atom. The summed E-state index contributed by atoms with van der Waals surface area (Å²) in [4.78, 5) is 87.3. The first-order valence-corrected chi connectivity index (χ1v) is 18.4. The number of nitrogens with one attached hydrogen (secondary N) is 2. The van der Waals surface area contributed by atoms with E-state index in [1.807, 2.05) is 0 Å². The topological polar surface area (TPSA) is 180 Å². The average Bonchev–Trinajstić information content (AvgIpc) is 3.05. The zero-order valence-corrected chi connectivity index (χ0v) is 31.5. The van der Waals surface area contributed by atoms with E-state index in [2.05, 4.69) is 22.3 Å². The van der Waals surface area contributed by atoms with Crippen LogP contribution in [0, 0.1) is 11.8 Å². The monoisotopic (exact) mass is 716 g/mol. The van der Waals surface area contributed by atoms with Crippen LogP contribution < -0.4 is 10.6 Å². The SMILES string of the molecule is CCCCCCCCCCCC(=O)N[C@H](CCC(=O)C[C@H](CSC[C@H](CC(=O)OC(C)(C)C)C(=O)OC)C(=O)NCC(=O)OC)C(=O)OC. The molecule has 0 radical (unpaired) electrons. The number of hydrogen-bond acceptors (Lipinski definition) is 12. The van der Waals surface area contributed by atoms with Crippen LogP contribution in [0.2, 0.25) is 0 Å². The van der Waals surface area contributed by atoms with Crippen molar-refractivity contribution in [3.8, 4) is 0 Å². The molecule has 0 fully saturated rings. The number of ketones is 1. The van der Waals surface area contributed by atoms with Crippen LogP contribution in [-0.4, -0.2) is 92.5 Å². The smallest absolute Gasteiger partial charge is 0.328 e. The zero-order valence-electron chi connectivity index (χ0n) is 30.7. The van der Waals surface area contributed by atoms with Gasteiger partial charge in [0, 0.05) is 30.8 Å². The maximum Gasteiger partial charge on any atom is 0.328 e. The summed E-state index contributed by atoms with van der Waals surface area (Å²) in [7, 11) is 3.58. The molecule has 0 aliphatic carbocycles. The highest BCUT2D eigenvalue weighted by Crippen LogP contribution is 2.22. The van der Waals surface area contributed by atoms with Gasteiger partial charge in [0.1, 0.15) is 24.0 Å². The number of methoxy groups -OCH3 is 3. The van der Waals surface area contributed by atoms with Gasteiger partial charge in [0.2, 0.25) is 11.8 Å². The molecule has 0 aromatic rings. The average molecular weight is 717 g/mol. The summed E-state index contributed by atoms with van der Waals surface area (Å²) in [6, 6.07) is -1.02. The van der Waals surface area contributed by atoms with Gasteiger partial charge in [-0.15, -0.1) is 0 Å². The fraction of sp³-hybridized carbons (Fsp3) is 0.800. The first-order chi connectivity index (χ1) is 23.2. The number of Topliss-reactive ketones (excluding diaryl/α,β-unsaturated/α-hetero) is 1. The predicted molar refractivity (Wildman–Crippen MR) is 186 cm³/mol. The minimum atomic E-state index is -1.02. The van der Waals surface area contributed by atoms with Crippen LogP contribution in [0.4, 0.5) is 0 Å². The van der Waals surface area contributed by atoms with Gasteiger partial charge in [0.15, 0.2) is 0 Å². The Hall–Kier alpha value is -3.16. The minimum absolute atomic E-state index is 0.0149. The van der Waals surface area contributed by atoms with Crippen LogP contribution >= 0.6 is 11.8 Å². The van der Waals surface area contributed by atoms with Crippen molar-refractivity contribution in [1.82, 2.24) is 10.6 Å². The highest BCUT2D eigenvalue weighted by Gasteiger charge is 2.29. The molecule has 13 nitrogen and oxygen atoms in total. The molecule has 2 amide bonds. The number of amides is 2. The Morgan fingerprint density at radius 1 is 0.673 bits per heavy atom. The summed E-state index contributed by atoms with van der Waals surface area (Å²) in [6.45, 7) is 6.92. The van der Waals surface area contributed by atoms with Crippen LogP contribution in [0.3, 0.4) is 0 Å². The van der Waals surface area contributed by atoms with E-state index in [4.69, 9.17) is 14.2 Å². The number of hydrogen-bond donors (Lipinski definition) is 2. The summed E-state index contributed by atoms with van der Waals surface area (Å²) >= 11 is 1.17. The summed E-state index contributed by atoms with van der Waals surface area (Å²) in [5.74, 6) is -5.32. The Labute approximate surface area is 296 Å². The molecule has 0 rings (SSSR count). The lowest BCUT2D eigenvalue weighted by atomic mass is 9.99. The van der Waals surface area contributed by atoms with E-state index in [1.165, 1.54) is 65.2 Å². The second kappa shape index (κ2) is 26.7. The number of thioether (sulfide) groups is 1. The van der Waals surface area contributed by atoms with Crippen LogP contribution in [0.5, 0.6) is 0 Å². The molecule has 3 atom stereocenters. The first kappa shape index (κ1) is 45.8. The highest BCUT2D eigenvalue weighted by atomic mass is 32.2. The van der Waals surface area contributed by atoms with E-state index in [-0.39, 0.29) is 55.3 Å². The second-order valence-electron chi connectivity index (χ2n) is 13.0. The summed E-state index contributed by atoms with van der Waals surface area (Å²) in [6.07, 6.45) is 9.63. The molecule has 282 valence electrons. The molecule has 2 N–H and O–H groups in total. The van der Waals surface area contributed by atoms with E-state index in [0.717, 1.165) is 19.3 Å². The van der Waals surface area contributed by atoms with E-state index >= 15 is 0 Å². The van der Waals surface area contributed by atoms with Gasteiger partial charge >= 0.3 is 23.9 Å². The Morgan fingerprint density at radius 3 is 1.80 bits per heavy atom. The first-order valence-electron chi connectivity index (χ1n) is 17.3. The van der Waals surface area contributed by atoms with Crippen molar-refractivity contribution in [2.24, 2.45) is 11.8 Å². The fourth-order valence-electron chi connectivity index (χ4n) is 4.85. The quantitative estimate of drug-likeness (QED) is 0.0693. The lowest BCUT2D eigenvalue weighted by Gasteiger charge is -2.22. The molecule has 0 saturated carbocycles. The second-order valence-corrected chi connectivity index (χ2v) is 14.1. The van der Waals surface area contributed by atoms with Gasteiger partial charge in [0.25, 0.3) is 0 Å². The highest BCUT2D eigenvalue weighted by molar-refractivity contribution is 7.99. The standard InChI is InChI=1S/C35H60N2O11S/c1-8-9-10-11-12-13-14-15-16-17-29(39)37-28(34(44)47-7)19-18-27(38)20-25(32(42)36-22-31(41)45-5)23-49-24-26(33(43)46-6)21-30(40)48-35(2,3)4/h25-26,28H,8-24H2,1-7H3,(H,36,42)(H,37,39)/t25-,26+,28-/m1/s1. The van der Waals surface area contributed by atoms with Gasteiger partial charge in [-0.1, -0.05) is 58.3 Å². The third-order valence-corrected chi connectivity index (χ3v) is 8.80. The molecule has 49 heavy (non-hydrogen) atoms. The summed E-state index contributed by atoms with van der Waals surface area (Å²) in [5.41, 5.74) is -0.739. The maximum absolute atomic E-state index is 13.1. The molecule has 0 aliphatic rings.